The molecule has 0 aliphatic rings. The molecule has 0 spiro atoms. The predicted molar refractivity (Wildman–Crippen MR) is 86.6 cm³/mol. The van der Waals surface area contributed by atoms with E-state index >= 15 is 0 Å². The smallest absolute Gasteiger partial charge is 0.159 e. The van der Waals surface area contributed by atoms with Gasteiger partial charge in [-0.05, 0) is 18.2 Å². The number of rotatable bonds is 3. The zero-order valence-corrected chi connectivity index (χ0v) is 13.1. The van der Waals surface area contributed by atoms with Gasteiger partial charge < -0.3 is 14.9 Å². The topological polar surface area (TPSA) is 61.3 Å². The third-order valence-corrected chi connectivity index (χ3v) is 3.96. The molecule has 0 bridgehead atoms. The molecule has 20 heavy (non-hydrogen) atoms. The molecule has 108 valence electrons. The second-order valence-electron chi connectivity index (χ2n) is 3.89. The number of anilines is 1. The van der Waals surface area contributed by atoms with Crippen LogP contribution in [-0.2, 0) is 6.42 Å². The summed E-state index contributed by atoms with van der Waals surface area (Å²) in [5.74, 6) is 1.69. The zero-order chi connectivity index (χ0) is 12.5. The number of methoxy groups -OCH3 is 1. The third-order valence-electron chi connectivity index (χ3n) is 2.75. The maximum Gasteiger partial charge on any atom is 0.159 e. The molecule has 3 aromatic rings. The van der Waals surface area contributed by atoms with Crippen molar-refractivity contribution in [2.24, 2.45) is 0 Å². The number of thiophene rings is 1. The monoisotopic (exact) mass is 332 g/mol. The van der Waals surface area contributed by atoms with E-state index < -0.39 is 0 Å². The highest BCUT2D eigenvalue weighted by molar-refractivity contribution is 7.20. The van der Waals surface area contributed by atoms with Gasteiger partial charge in [-0.15, -0.1) is 36.2 Å². The second kappa shape index (κ2) is 6.83. The summed E-state index contributed by atoms with van der Waals surface area (Å²) < 4.78 is 11.8. The summed E-state index contributed by atoms with van der Waals surface area (Å²) in [7, 11) is 1.65. The van der Waals surface area contributed by atoms with Crippen LogP contribution in [0.5, 0.6) is 5.75 Å². The molecule has 0 fully saturated rings. The second-order valence-corrected chi connectivity index (χ2v) is 5.00. The van der Waals surface area contributed by atoms with Crippen LogP contribution < -0.4 is 10.5 Å². The maximum absolute atomic E-state index is 5.96. The van der Waals surface area contributed by atoms with Gasteiger partial charge in [0.1, 0.15) is 11.3 Å². The molecule has 0 aliphatic carbocycles. The molecule has 2 N–H and O–H groups in total. The van der Waals surface area contributed by atoms with Crippen LogP contribution in [0.15, 0.2) is 35.1 Å². The molecule has 0 aromatic carbocycles. The van der Waals surface area contributed by atoms with E-state index in [0.717, 1.165) is 32.3 Å². The van der Waals surface area contributed by atoms with Gasteiger partial charge in [0.05, 0.1) is 28.6 Å². The quantitative estimate of drug-likeness (QED) is 0.789. The Hall–Kier alpha value is -1.43. The van der Waals surface area contributed by atoms with E-state index in [1.54, 1.807) is 37.0 Å². The van der Waals surface area contributed by atoms with Crippen LogP contribution in [0.1, 0.15) is 10.6 Å². The van der Waals surface area contributed by atoms with Crippen molar-refractivity contribution in [3.8, 4) is 5.75 Å². The first-order valence-corrected chi connectivity index (χ1v) is 6.33. The number of nitrogens with zero attached hydrogens (tertiary/aromatic N) is 1. The van der Waals surface area contributed by atoms with Crippen molar-refractivity contribution in [1.82, 2.24) is 4.98 Å². The Morgan fingerprint density at radius 1 is 1.35 bits per heavy atom. The fourth-order valence-corrected chi connectivity index (χ4v) is 3.09. The van der Waals surface area contributed by atoms with E-state index in [9.17, 15) is 0 Å². The average molecular weight is 333 g/mol. The Morgan fingerprint density at radius 3 is 2.80 bits per heavy atom. The van der Waals surface area contributed by atoms with E-state index in [1.165, 1.54) is 0 Å². The van der Waals surface area contributed by atoms with Crippen LogP contribution in [0.2, 0.25) is 0 Å². The van der Waals surface area contributed by atoms with Gasteiger partial charge in [0.25, 0.3) is 0 Å². The number of ether oxygens (including phenoxy) is 1. The molecule has 0 unspecified atom stereocenters. The zero-order valence-electron chi connectivity index (χ0n) is 10.7. The average Bonchev–Trinajstić information content (AvgIpc) is 2.97. The highest BCUT2D eigenvalue weighted by atomic mass is 35.5. The number of nitrogens with two attached hydrogens (primary N) is 1. The molecule has 3 heterocycles. The lowest BCUT2D eigenvalue weighted by Crippen LogP contribution is -1.89. The Kier molecular flexibility index (Phi) is 5.68. The van der Waals surface area contributed by atoms with Gasteiger partial charge in [-0.1, -0.05) is 0 Å². The van der Waals surface area contributed by atoms with E-state index in [0.29, 0.717) is 6.42 Å². The summed E-state index contributed by atoms with van der Waals surface area (Å²) in [6, 6.07) is 5.62. The number of furan rings is 1. The van der Waals surface area contributed by atoms with Crippen molar-refractivity contribution in [2.45, 2.75) is 6.42 Å². The van der Waals surface area contributed by atoms with Crippen molar-refractivity contribution < 1.29 is 9.15 Å². The first kappa shape index (κ1) is 16.6. The molecule has 0 amide bonds. The molecule has 0 radical (unpaired) electrons. The lowest BCUT2D eigenvalue weighted by atomic mass is 10.2. The summed E-state index contributed by atoms with van der Waals surface area (Å²) in [5, 5.41) is 0. The Bertz CT molecular complexity index is 683. The van der Waals surface area contributed by atoms with Crippen LogP contribution >= 0.6 is 36.2 Å². The van der Waals surface area contributed by atoms with Gasteiger partial charge in [-0.25, -0.2) is 0 Å². The number of halogens is 2. The van der Waals surface area contributed by atoms with Crippen LogP contribution in [0.25, 0.3) is 10.2 Å². The number of hydrogen-bond donors (Lipinski definition) is 1. The van der Waals surface area contributed by atoms with Crippen molar-refractivity contribution in [1.29, 1.82) is 0 Å². The number of aromatic nitrogens is 1. The molecule has 4 nitrogen and oxygen atoms in total. The Labute approximate surface area is 132 Å². The van der Waals surface area contributed by atoms with E-state index in [-0.39, 0.29) is 24.8 Å². The fourth-order valence-electron chi connectivity index (χ4n) is 1.93. The molecule has 0 atom stereocenters. The fraction of sp³-hybridized carbons (Fsp3) is 0.154. The first-order chi connectivity index (χ1) is 8.79. The van der Waals surface area contributed by atoms with Crippen LogP contribution in [0.4, 0.5) is 5.69 Å². The molecule has 0 aliphatic heterocycles. The summed E-state index contributed by atoms with van der Waals surface area (Å²) in [6.45, 7) is 0. The summed E-state index contributed by atoms with van der Waals surface area (Å²) >= 11 is 1.60. The van der Waals surface area contributed by atoms with Gasteiger partial charge in [0.15, 0.2) is 5.75 Å². The predicted octanol–water partition coefficient (Wildman–Crippen LogP) is 3.91. The van der Waals surface area contributed by atoms with Gasteiger partial charge in [0.2, 0.25) is 0 Å². The molecular weight excluding hydrogens is 319 g/mol. The molecule has 0 saturated carbocycles. The Morgan fingerprint density at radius 2 is 2.15 bits per heavy atom. The van der Waals surface area contributed by atoms with E-state index in [1.807, 2.05) is 12.1 Å². The van der Waals surface area contributed by atoms with Crippen molar-refractivity contribution in [3.05, 3.63) is 41.3 Å². The minimum atomic E-state index is 0. The van der Waals surface area contributed by atoms with Crippen molar-refractivity contribution in [2.75, 3.05) is 12.8 Å². The third kappa shape index (κ3) is 2.85. The van der Waals surface area contributed by atoms with Gasteiger partial charge >= 0.3 is 0 Å². The van der Waals surface area contributed by atoms with Gasteiger partial charge in [-0.2, -0.15) is 0 Å². The molecule has 3 rings (SSSR count). The number of nitrogen functional groups attached to an aromatic ring is 1. The largest absolute Gasteiger partial charge is 0.493 e. The standard InChI is InChI=1S/C13H12N2O2S.2ClH/c1-16-12-10(7-8-3-2-6-17-8)18-13-9(14)4-5-15-11(12)13;;/h2-6H,7H2,1H3,(H2,14,15);2*1H. The number of hydrogen-bond acceptors (Lipinski definition) is 5. The Balaban J connectivity index is 0.000001000. The molecule has 7 heteroatoms. The summed E-state index contributed by atoms with van der Waals surface area (Å²) in [5.41, 5.74) is 7.51. The summed E-state index contributed by atoms with van der Waals surface area (Å²) in [6.07, 6.45) is 4.06. The van der Waals surface area contributed by atoms with E-state index in [4.69, 9.17) is 14.9 Å². The molecule has 3 aromatic heterocycles. The lowest BCUT2D eigenvalue weighted by Gasteiger charge is -2.00. The van der Waals surface area contributed by atoms with Crippen LogP contribution in [0.3, 0.4) is 0 Å². The van der Waals surface area contributed by atoms with Crippen molar-refractivity contribution in [3.63, 3.8) is 0 Å². The number of pyridine rings is 1. The van der Waals surface area contributed by atoms with Gasteiger partial charge in [-0.3, -0.25) is 4.98 Å². The normalized spacial score (nSPS) is 9.85. The minimum Gasteiger partial charge on any atom is -0.493 e. The first-order valence-electron chi connectivity index (χ1n) is 5.52. The highest BCUT2D eigenvalue weighted by Crippen LogP contribution is 2.40. The lowest BCUT2D eigenvalue weighted by molar-refractivity contribution is 0.415. The molecule has 0 saturated heterocycles. The molecular formula is C13H14Cl2N2O2S. The highest BCUT2D eigenvalue weighted by Gasteiger charge is 2.16. The SMILES string of the molecule is COc1c(Cc2ccco2)sc2c(N)ccnc12.Cl.Cl. The minimum absolute atomic E-state index is 0. The summed E-state index contributed by atoms with van der Waals surface area (Å²) in [4.78, 5) is 5.41. The number of fused-ring (bicyclic) bond motifs is 1. The van der Waals surface area contributed by atoms with E-state index in [2.05, 4.69) is 4.98 Å². The van der Waals surface area contributed by atoms with Gasteiger partial charge in [0, 0.05) is 12.6 Å². The van der Waals surface area contributed by atoms with Crippen LogP contribution in [-0.4, -0.2) is 12.1 Å². The van der Waals surface area contributed by atoms with Crippen molar-refractivity contribution >= 4 is 52.1 Å². The van der Waals surface area contributed by atoms with Crippen LogP contribution in [0, 0.1) is 0 Å². The maximum atomic E-state index is 5.96.